The van der Waals surface area contributed by atoms with Crippen molar-refractivity contribution in [3.8, 4) is 0 Å². The lowest BCUT2D eigenvalue weighted by Crippen LogP contribution is -2.39. The molecule has 0 aromatic carbocycles. The van der Waals surface area contributed by atoms with E-state index in [1.165, 1.54) is 0 Å². The van der Waals surface area contributed by atoms with E-state index in [0.29, 0.717) is 6.61 Å². The predicted molar refractivity (Wildman–Crippen MR) is 85.5 cm³/mol. The molecular weight excluding hydrogens is 276 g/mol. The van der Waals surface area contributed by atoms with E-state index in [1.54, 1.807) is 0 Å². The fourth-order valence-electron chi connectivity index (χ4n) is 2.67. The average molecular weight is 300 g/mol. The zero-order valence-electron chi connectivity index (χ0n) is 13.5. The van der Waals surface area contributed by atoms with Crippen LogP contribution in [0.4, 0.5) is 0 Å². The summed E-state index contributed by atoms with van der Waals surface area (Å²) < 4.78 is 5.68. The van der Waals surface area contributed by atoms with Crippen LogP contribution in [0.5, 0.6) is 0 Å². The van der Waals surface area contributed by atoms with E-state index in [9.17, 15) is 0 Å². The van der Waals surface area contributed by atoms with E-state index in [0.717, 1.165) is 36.9 Å². The lowest BCUT2D eigenvalue weighted by Gasteiger charge is -2.34. The molecule has 0 spiro atoms. The molecule has 118 valence electrons. The minimum absolute atomic E-state index is 0.0760. The number of H-pyrrole nitrogens is 1. The number of nitrogens with zero attached hydrogens (tertiary/aromatic N) is 3. The van der Waals surface area contributed by atoms with E-state index >= 15 is 0 Å². The summed E-state index contributed by atoms with van der Waals surface area (Å²) in [5.74, 6) is 0.987. The van der Waals surface area contributed by atoms with Crippen LogP contribution < -0.4 is 0 Å². The lowest BCUT2D eigenvalue weighted by molar-refractivity contribution is -0.0162. The molecule has 1 N–H and O–H groups in total. The lowest BCUT2D eigenvalue weighted by atomic mass is 9.93. The molecule has 1 aliphatic rings. The first-order chi connectivity index (χ1) is 10.5. The molecule has 0 unspecified atom stereocenters. The Morgan fingerprint density at radius 3 is 2.86 bits per heavy atom. The molecule has 0 radical (unpaired) electrons. The summed E-state index contributed by atoms with van der Waals surface area (Å²) in [6.45, 7) is 9.71. The van der Waals surface area contributed by atoms with Crippen molar-refractivity contribution in [1.82, 2.24) is 19.9 Å². The van der Waals surface area contributed by atoms with Crippen molar-refractivity contribution in [3.05, 3.63) is 47.8 Å². The van der Waals surface area contributed by atoms with Crippen LogP contribution in [-0.4, -0.2) is 39.6 Å². The topological polar surface area (TPSA) is 54.0 Å². The van der Waals surface area contributed by atoms with Gasteiger partial charge < -0.3 is 9.72 Å². The van der Waals surface area contributed by atoms with Crippen molar-refractivity contribution < 1.29 is 4.74 Å². The van der Waals surface area contributed by atoms with Gasteiger partial charge in [0.15, 0.2) is 0 Å². The number of hydrogen-bond donors (Lipinski definition) is 1. The average Bonchev–Trinajstić information content (AvgIpc) is 2.99. The number of hydrogen-bond acceptors (Lipinski definition) is 4. The molecule has 1 aliphatic heterocycles. The Balaban J connectivity index is 1.79. The molecule has 0 aliphatic carbocycles. The third-order valence-electron chi connectivity index (χ3n) is 4.05. The molecule has 0 saturated carbocycles. The van der Waals surface area contributed by atoms with Crippen LogP contribution in [0.15, 0.2) is 30.6 Å². The minimum atomic E-state index is 0.0760. The highest BCUT2D eigenvalue weighted by Gasteiger charge is 2.28. The Kier molecular flexibility index (Phi) is 4.27. The van der Waals surface area contributed by atoms with Gasteiger partial charge in [-0.05, 0) is 12.1 Å². The zero-order valence-corrected chi connectivity index (χ0v) is 13.5. The largest absolute Gasteiger partial charge is 0.378 e. The fourth-order valence-corrected chi connectivity index (χ4v) is 2.67. The maximum absolute atomic E-state index is 5.68. The second kappa shape index (κ2) is 6.18. The number of pyridine rings is 1. The van der Waals surface area contributed by atoms with Crippen LogP contribution in [0.25, 0.3) is 0 Å². The Morgan fingerprint density at radius 2 is 2.18 bits per heavy atom. The Labute approximate surface area is 131 Å². The molecule has 3 rings (SSSR count). The third-order valence-corrected chi connectivity index (χ3v) is 4.05. The zero-order chi connectivity index (χ0) is 15.6. The number of imidazole rings is 1. The summed E-state index contributed by atoms with van der Waals surface area (Å²) in [6.07, 6.45) is 3.79. The predicted octanol–water partition coefficient (Wildman–Crippen LogP) is 2.68. The molecule has 22 heavy (non-hydrogen) atoms. The highest BCUT2D eigenvalue weighted by molar-refractivity contribution is 5.14. The van der Waals surface area contributed by atoms with Gasteiger partial charge in [0.25, 0.3) is 0 Å². The van der Waals surface area contributed by atoms with Crippen LogP contribution in [0.2, 0.25) is 0 Å². The van der Waals surface area contributed by atoms with Crippen LogP contribution in [-0.2, 0) is 16.7 Å². The van der Waals surface area contributed by atoms with Gasteiger partial charge in [-0.1, -0.05) is 26.8 Å². The first kappa shape index (κ1) is 15.2. The Hall–Kier alpha value is -1.72. The molecule has 0 bridgehead atoms. The summed E-state index contributed by atoms with van der Waals surface area (Å²) in [6, 6.07) is 6.20. The fraction of sp³-hybridized carbons (Fsp3) is 0.529. The van der Waals surface area contributed by atoms with Gasteiger partial charge >= 0.3 is 0 Å². The van der Waals surface area contributed by atoms with Crippen molar-refractivity contribution in [3.63, 3.8) is 0 Å². The molecule has 2 aromatic heterocycles. The number of aromatic amines is 1. The van der Waals surface area contributed by atoms with Crippen LogP contribution in [0, 0.1) is 0 Å². The molecule has 5 heteroatoms. The van der Waals surface area contributed by atoms with E-state index in [-0.39, 0.29) is 11.5 Å². The number of morpholine rings is 1. The van der Waals surface area contributed by atoms with Crippen molar-refractivity contribution in [1.29, 1.82) is 0 Å². The van der Waals surface area contributed by atoms with Gasteiger partial charge in [-0.3, -0.25) is 9.88 Å². The maximum Gasteiger partial charge on any atom is 0.126 e. The molecule has 2 aromatic rings. The summed E-state index contributed by atoms with van der Waals surface area (Å²) in [7, 11) is 0. The molecule has 1 fully saturated rings. The summed E-state index contributed by atoms with van der Waals surface area (Å²) in [5, 5.41) is 0. The van der Waals surface area contributed by atoms with Gasteiger partial charge in [0.2, 0.25) is 0 Å². The van der Waals surface area contributed by atoms with Crippen LogP contribution in [0.3, 0.4) is 0 Å². The molecule has 1 atom stereocenters. The second-order valence-corrected chi connectivity index (χ2v) is 6.81. The van der Waals surface area contributed by atoms with Crippen molar-refractivity contribution in [2.45, 2.75) is 38.8 Å². The SMILES string of the molecule is CC(C)(C)c1cnc([C@@H]2COCCN2Cc2ccccn2)[nH]1. The van der Waals surface area contributed by atoms with Crippen LogP contribution in [0.1, 0.15) is 44.0 Å². The highest BCUT2D eigenvalue weighted by Crippen LogP contribution is 2.26. The number of aromatic nitrogens is 3. The van der Waals surface area contributed by atoms with E-state index in [4.69, 9.17) is 4.74 Å². The number of nitrogens with one attached hydrogen (secondary N) is 1. The smallest absolute Gasteiger partial charge is 0.126 e. The third kappa shape index (κ3) is 3.36. The van der Waals surface area contributed by atoms with Gasteiger partial charge in [0.05, 0.1) is 24.9 Å². The van der Waals surface area contributed by atoms with Gasteiger partial charge in [-0.15, -0.1) is 0 Å². The second-order valence-electron chi connectivity index (χ2n) is 6.81. The van der Waals surface area contributed by atoms with Crippen molar-refractivity contribution in [2.24, 2.45) is 0 Å². The van der Waals surface area contributed by atoms with Gasteiger partial charge in [-0.25, -0.2) is 4.98 Å². The number of ether oxygens (including phenoxy) is 1. The molecule has 5 nitrogen and oxygen atoms in total. The standard InChI is InChI=1S/C17H24N4O/c1-17(2,3)15-10-19-16(20-15)14-12-22-9-8-21(14)11-13-6-4-5-7-18-13/h4-7,10,14H,8-9,11-12H2,1-3H3,(H,19,20)/t14-/m0/s1. The van der Waals surface area contributed by atoms with Gasteiger partial charge in [0.1, 0.15) is 5.82 Å². The highest BCUT2D eigenvalue weighted by atomic mass is 16.5. The Morgan fingerprint density at radius 1 is 1.32 bits per heavy atom. The monoisotopic (exact) mass is 300 g/mol. The molecule has 1 saturated heterocycles. The van der Waals surface area contributed by atoms with Crippen molar-refractivity contribution >= 4 is 0 Å². The van der Waals surface area contributed by atoms with Gasteiger partial charge in [0, 0.05) is 36.6 Å². The van der Waals surface area contributed by atoms with E-state index in [2.05, 4.69) is 46.7 Å². The molecule has 3 heterocycles. The first-order valence-corrected chi connectivity index (χ1v) is 7.81. The van der Waals surface area contributed by atoms with Crippen molar-refractivity contribution in [2.75, 3.05) is 19.8 Å². The first-order valence-electron chi connectivity index (χ1n) is 7.81. The minimum Gasteiger partial charge on any atom is -0.378 e. The summed E-state index contributed by atoms with van der Waals surface area (Å²) in [5.41, 5.74) is 2.31. The molecular formula is C17H24N4O. The summed E-state index contributed by atoms with van der Waals surface area (Å²) >= 11 is 0. The van der Waals surface area contributed by atoms with Gasteiger partial charge in [-0.2, -0.15) is 0 Å². The quantitative estimate of drug-likeness (QED) is 0.947. The van der Waals surface area contributed by atoms with Crippen LogP contribution >= 0.6 is 0 Å². The Bertz CT molecular complexity index is 603. The maximum atomic E-state index is 5.68. The normalized spacial score (nSPS) is 20.2. The van der Waals surface area contributed by atoms with E-state index < -0.39 is 0 Å². The van der Waals surface area contributed by atoms with E-state index in [1.807, 2.05) is 24.5 Å². The molecule has 0 amide bonds. The number of rotatable bonds is 3. The summed E-state index contributed by atoms with van der Waals surface area (Å²) in [4.78, 5) is 14.9.